The zero-order valence-electron chi connectivity index (χ0n) is 18.7. The maximum atomic E-state index is 12.8. The summed E-state index contributed by atoms with van der Waals surface area (Å²) in [5.41, 5.74) is 5.18. The van der Waals surface area contributed by atoms with Crippen LogP contribution in [0.4, 0.5) is 0 Å². The molecule has 2 amide bonds. The molecule has 1 aliphatic rings. The summed E-state index contributed by atoms with van der Waals surface area (Å²) < 4.78 is 5.98. The van der Waals surface area contributed by atoms with Crippen LogP contribution in [-0.4, -0.2) is 28.0 Å². The number of aryl methyl sites for hydroxylation is 1. The molecular formula is C26H29N3O4. The number of benzene rings is 2. The number of hydrogen-bond acceptors (Lipinski definition) is 5. The molecule has 1 aromatic heterocycles. The number of nitrogens with zero attached hydrogens (tertiary/aromatic N) is 1. The van der Waals surface area contributed by atoms with Crippen molar-refractivity contribution in [1.29, 1.82) is 0 Å². The Labute approximate surface area is 193 Å². The van der Waals surface area contributed by atoms with Crippen LogP contribution in [-0.2, 0) is 11.4 Å². The highest BCUT2D eigenvalue weighted by atomic mass is 16.5. The number of para-hydroxylation sites is 1. The van der Waals surface area contributed by atoms with E-state index in [1.165, 1.54) is 0 Å². The van der Waals surface area contributed by atoms with Crippen molar-refractivity contribution in [1.82, 2.24) is 15.8 Å². The summed E-state index contributed by atoms with van der Waals surface area (Å²) in [5, 5.41) is 13.1. The first-order valence-electron chi connectivity index (χ1n) is 11.4. The third-order valence-corrected chi connectivity index (χ3v) is 6.22. The van der Waals surface area contributed by atoms with Crippen LogP contribution in [0.3, 0.4) is 0 Å². The molecule has 2 aromatic carbocycles. The molecule has 0 bridgehead atoms. The zero-order valence-corrected chi connectivity index (χ0v) is 18.7. The minimum absolute atomic E-state index is 0.236. The zero-order chi connectivity index (χ0) is 23.2. The van der Waals surface area contributed by atoms with Crippen LogP contribution >= 0.6 is 0 Å². The molecule has 3 aromatic rings. The van der Waals surface area contributed by atoms with Gasteiger partial charge in [0.15, 0.2) is 0 Å². The summed E-state index contributed by atoms with van der Waals surface area (Å²) in [6.45, 7) is 2.36. The standard InChI is InChI=1S/C26H29N3O4/c1-17-15-19(21-7-5-6-10-23(21)27-17)16-33-20-13-11-18(12-14-20)25(30)28-24-9-4-2-3-8-22(24)26(31)29-32/h5-7,10-15,22,24,32H,2-4,8-9,16H2,1H3,(H,28,30)(H,29,31). The van der Waals surface area contributed by atoms with Gasteiger partial charge in [-0.25, -0.2) is 5.48 Å². The largest absolute Gasteiger partial charge is 0.489 e. The predicted molar refractivity (Wildman–Crippen MR) is 125 cm³/mol. The van der Waals surface area contributed by atoms with Crippen LogP contribution in [0.25, 0.3) is 10.9 Å². The van der Waals surface area contributed by atoms with Gasteiger partial charge in [-0.1, -0.05) is 37.5 Å². The average Bonchev–Trinajstić information content (AvgIpc) is 3.07. The second-order valence-corrected chi connectivity index (χ2v) is 8.55. The molecule has 4 rings (SSSR count). The quantitative estimate of drug-likeness (QED) is 0.297. The Morgan fingerprint density at radius 2 is 1.82 bits per heavy atom. The van der Waals surface area contributed by atoms with E-state index in [4.69, 9.17) is 9.94 Å². The van der Waals surface area contributed by atoms with Crippen molar-refractivity contribution in [3.05, 3.63) is 71.4 Å². The number of fused-ring (bicyclic) bond motifs is 1. The minimum Gasteiger partial charge on any atom is -0.489 e. The number of nitrogens with one attached hydrogen (secondary N) is 2. The topological polar surface area (TPSA) is 101 Å². The lowest BCUT2D eigenvalue weighted by molar-refractivity contribution is -0.134. The van der Waals surface area contributed by atoms with Crippen LogP contribution < -0.4 is 15.5 Å². The number of hydroxylamine groups is 1. The number of rotatable bonds is 6. The Morgan fingerprint density at radius 3 is 2.61 bits per heavy atom. The molecule has 2 unspecified atom stereocenters. The van der Waals surface area contributed by atoms with Gasteiger partial charge in [-0.15, -0.1) is 0 Å². The fourth-order valence-electron chi connectivity index (χ4n) is 4.51. The van der Waals surface area contributed by atoms with E-state index in [0.29, 0.717) is 30.8 Å². The van der Waals surface area contributed by atoms with Gasteiger partial charge in [0, 0.05) is 28.2 Å². The second-order valence-electron chi connectivity index (χ2n) is 8.55. The van der Waals surface area contributed by atoms with Crippen LogP contribution in [0, 0.1) is 12.8 Å². The normalized spacial score (nSPS) is 18.4. The highest BCUT2D eigenvalue weighted by molar-refractivity contribution is 5.95. The SMILES string of the molecule is Cc1cc(COc2ccc(C(=O)NC3CCCCCC3C(=O)NO)cc2)c2ccccc2n1. The monoisotopic (exact) mass is 447 g/mol. The van der Waals surface area contributed by atoms with E-state index in [0.717, 1.165) is 41.4 Å². The molecule has 1 aliphatic carbocycles. The average molecular weight is 448 g/mol. The number of carbonyl (C=O) groups is 2. The van der Waals surface area contributed by atoms with E-state index in [-0.39, 0.29) is 11.9 Å². The van der Waals surface area contributed by atoms with Gasteiger partial charge in [0.2, 0.25) is 5.91 Å². The Kier molecular flexibility index (Phi) is 7.19. The summed E-state index contributed by atoms with van der Waals surface area (Å²) in [5.74, 6) is -0.440. The van der Waals surface area contributed by atoms with Crippen LogP contribution in [0.1, 0.15) is 53.7 Å². The van der Waals surface area contributed by atoms with Gasteiger partial charge < -0.3 is 10.1 Å². The summed E-state index contributed by atoms with van der Waals surface area (Å²) in [6.07, 6.45) is 4.22. The van der Waals surface area contributed by atoms with Crippen molar-refractivity contribution < 1.29 is 19.5 Å². The van der Waals surface area contributed by atoms with Crippen molar-refractivity contribution in [3.63, 3.8) is 0 Å². The third kappa shape index (κ3) is 5.49. The van der Waals surface area contributed by atoms with E-state index >= 15 is 0 Å². The molecule has 1 fully saturated rings. The predicted octanol–water partition coefficient (Wildman–Crippen LogP) is 4.31. The number of ether oxygens (including phenoxy) is 1. The minimum atomic E-state index is -0.440. The van der Waals surface area contributed by atoms with Gasteiger partial charge in [-0.3, -0.25) is 19.8 Å². The summed E-state index contributed by atoms with van der Waals surface area (Å²) in [4.78, 5) is 29.4. The molecule has 1 heterocycles. The molecule has 0 saturated heterocycles. The Hall–Kier alpha value is -3.45. The van der Waals surface area contributed by atoms with Gasteiger partial charge in [-0.05, 0) is 56.2 Å². The molecule has 1 saturated carbocycles. The number of hydrogen-bond donors (Lipinski definition) is 3. The third-order valence-electron chi connectivity index (χ3n) is 6.22. The molecule has 3 N–H and O–H groups in total. The lowest BCUT2D eigenvalue weighted by Crippen LogP contribution is -2.45. The van der Waals surface area contributed by atoms with E-state index in [9.17, 15) is 9.59 Å². The Balaban J connectivity index is 1.41. The summed E-state index contributed by atoms with van der Waals surface area (Å²) in [7, 11) is 0. The maximum absolute atomic E-state index is 12.8. The molecular weight excluding hydrogens is 418 g/mol. The molecule has 2 atom stereocenters. The van der Waals surface area contributed by atoms with Gasteiger partial charge in [0.25, 0.3) is 5.91 Å². The lowest BCUT2D eigenvalue weighted by atomic mass is 9.93. The lowest BCUT2D eigenvalue weighted by Gasteiger charge is -2.24. The van der Waals surface area contributed by atoms with Crippen molar-refractivity contribution in [2.75, 3.05) is 0 Å². The van der Waals surface area contributed by atoms with Crippen LogP contribution in [0.5, 0.6) is 5.75 Å². The highest BCUT2D eigenvalue weighted by Crippen LogP contribution is 2.25. The molecule has 0 aliphatic heterocycles. The van der Waals surface area contributed by atoms with Crippen molar-refractivity contribution in [3.8, 4) is 5.75 Å². The smallest absolute Gasteiger partial charge is 0.251 e. The molecule has 7 nitrogen and oxygen atoms in total. The first kappa shape index (κ1) is 22.7. The number of pyridine rings is 1. The molecule has 7 heteroatoms. The van der Waals surface area contributed by atoms with Gasteiger partial charge in [0.1, 0.15) is 12.4 Å². The summed E-state index contributed by atoms with van der Waals surface area (Å²) in [6, 6.07) is 16.7. The van der Waals surface area contributed by atoms with Crippen LogP contribution in [0.15, 0.2) is 54.6 Å². The Bertz CT molecular complexity index is 1130. The molecule has 33 heavy (non-hydrogen) atoms. The first-order chi connectivity index (χ1) is 16.0. The number of carbonyl (C=O) groups excluding carboxylic acids is 2. The van der Waals surface area contributed by atoms with E-state index in [2.05, 4.69) is 10.3 Å². The van der Waals surface area contributed by atoms with Crippen molar-refractivity contribution in [2.45, 2.75) is 51.7 Å². The molecule has 172 valence electrons. The van der Waals surface area contributed by atoms with E-state index in [1.807, 2.05) is 37.3 Å². The van der Waals surface area contributed by atoms with Gasteiger partial charge in [0.05, 0.1) is 11.4 Å². The maximum Gasteiger partial charge on any atom is 0.251 e. The Morgan fingerprint density at radius 1 is 1.06 bits per heavy atom. The fraction of sp³-hybridized carbons (Fsp3) is 0.346. The molecule has 0 spiro atoms. The highest BCUT2D eigenvalue weighted by Gasteiger charge is 2.30. The number of amides is 2. The van der Waals surface area contributed by atoms with Gasteiger partial charge in [-0.2, -0.15) is 0 Å². The first-order valence-corrected chi connectivity index (χ1v) is 11.4. The number of aromatic nitrogens is 1. The van der Waals surface area contributed by atoms with Crippen molar-refractivity contribution >= 4 is 22.7 Å². The van der Waals surface area contributed by atoms with Crippen molar-refractivity contribution in [2.24, 2.45) is 5.92 Å². The van der Waals surface area contributed by atoms with E-state index in [1.54, 1.807) is 29.7 Å². The second kappa shape index (κ2) is 10.4. The van der Waals surface area contributed by atoms with Crippen LogP contribution in [0.2, 0.25) is 0 Å². The molecule has 0 radical (unpaired) electrons. The fourth-order valence-corrected chi connectivity index (χ4v) is 4.51. The summed E-state index contributed by atoms with van der Waals surface area (Å²) >= 11 is 0. The van der Waals surface area contributed by atoms with Gasteiger partial charge >= 0.3 is 0 Å². The van der Waals surface area contributed by atoms with E-state index < -0.39 is 11.8 Å².